The van der Waals surface area contributed by atoms with E-state index in [4.69, 9.17) is 24.9 Å². The van der Waals surface area contributed by atoms with Gasteiger partial charge >= 0.3 is 5.97 Å². The quantitative estimate of drug-likeness (QED) is 0.0662. The molecule has 232 valence electrons. The van der Waals surface area contributed by atoms with E-state index in [1.54, 1.807) is 0 Å². The molecule has 0 aliphatic rings. The zero-order valence-electron chi connectivity index (χ0n) is 25.0. The predicted octanol–water partition coefficient (Wildman–Crippen LogP) is 4.24. The van der Waals surface area contributed by atoms with Gasteiger partial charge in [-0.2, -0.15) is 0 Å². The average molecular weight is 561 g/mol. The molecule has 0 atom stereocenters. The van der Waals surface area contributed by atoms with Crippen molar-refractivity contribution in [1.82, 2.24) is 9.80 Å². The molecule has 39 heavy (non-hydrogen) atoms. The van der Waals surface area contributed by atoms with Crippen LogP contribution >= 0.6 is 0 Å². The molecular weight excluding hydrogens is 500 g/mol. The van der Waals surface area contributed by atoms with Gasteiger partial charge in [0.05, 0.1) is 19.8 Å². The number of unbranched alkanes of at least 4 members (excludes halogenated alkanes) is 11. The van der Waals surface area contributed by atoms with Gasteiger partial charge in [-0.3, -0.25) is 19.4 Å². The van der Waals surface area contributed by atoms with Gasteiger partial charge in [0.1, 0.15) is 6.61 Å². The number of hydrogen-bond acceptors (Lipinski definition) is 8. The van der Waals surface area contributed by atoms with Crippen molar-refractivity contribution < 1.29 is 34.8 Å². The highest BCUT2D eigenvalue weighted by atomic mass is 16.5. The van der Waals surface area contributed by atoms with E-state index in [9.17, 15) is 9.90 Å². The number of aliphatic hydroxyl groups excluding tert-OH is 3. The first-order chi connectivity index (χ1) is 18.9. The number of rotatable bonds is 27. The number of carboxylic acids is 1. The van der Waals surface area contributed by atoms with Gasteiger partial charge in [0, 0.05) is 52.6 Å². The first-order valence-corrected chi connectivity index (χ1v) is 15.2. The maximum absolute atomic E-state index is 12.0. The van der Waals surface area contributed by atoms with Crippen LogP contribution in [0.25, 0.3) is 0 Å². The second kappa shape index (κ2) is 32.7. The monoisotopic (exact) mass is 560 g/mol. The number of nitrogens with zero attached hydrogens (tertiary/aromatic N) is 2. The molecule has 4 N–H and O–H groups in total. The van der Waals surface area contributed by atoms with Gasteiger partial charge in [0.25, 0.3) is 5.97 Å². The molecule has 0 saturated carbocycles. The SMILES string of the molecule is CC(=O)O.CCCCCCCC/C=C\CCCCCCCC(=O)OCCN(CCO)CCN(CCO)CCO. The molecular formula is C30H60N2O7. The minimum absolute atomic E-state index is 0.0445. The van der Waals surface area contributed by atoms with E-state index in [2.05, 4.69) is 19.1 Å². The third-order valence-corrected chi connectivity index (χ3v) is 6.29. The van der Waals surface area contributed by atoms with Crippen LogP contribution in [-0.2, 0) is 14.3 Å². The lowest BCUT2D eigenvalue weighted by Gasteiger charge is -2.26. The minimum atomic E-state index is -0.833. The van der Waals surface area contributed by atoms with Gasteiger partial charge in [-0.1, -0.05) is 70.4 Å². The number of aliphatic hydroxyl groups is 3. The summed E-state index contributed by atoms with van der Waals surface area (Å²) in [7, 11) is 0. The highest BCUT2D eigenvalue weighted by Crippen LogP contribution is 2.10. The summed E-state index contributed by atoms with van der Waals surface area (Å²) in [5.41, 5.74) is 0. The van der Waals surface area contributed by atoms with Crippen molar-refractivity contribution >= 4 is 11.9 Å². The van der Waals surface area contributed by atoms with Crippen molar-refractivity contribution in [3.63, 3.8) is 0 Å². The molecule has 0 bridgehead atoms. The molecule has 0 aromatic heterocycles. The number of ether oxygens (including phenoxy) is 1. The standard InChI is InChI=1S/C28H56N2O5.C2H4O2/c1-2-3-4-5-6-7-8-9-10-11-12-13-14-15-16-17-28(34)35-27-23-30(22-26-33)19-18-29(20-24-31)21-25-32;1-2(3)4/h9-10,31-33H,2-8,11-27H2,1H3;1H3,(H,3,4)/b10-9-;. The highest BCUT2D eigenvalue weighted by Gasteiger charge is 2.10. The van der Waals surface area contributed by atoms with Crippen LogP contribution in [0.2, 0.25) is 0 Å². The average Bonchev–Trinajstić information content (AvgIpc) is 2.89. The second-order valence-electron chi connectivity index (χ2n) is 9.93. The summed E-state index contributed by atoms with van der Waals surface area (Å²) in [5, 5.41) is 34.9. The predicted molar refractivity (Wildman–Crippen MR) is 158 cm³/mol. The topological polar surface area (TPSA) is 131 Å². The molecule has 0 aliphatic carbocycles. The Hall–Kier alpha value is -1.52. The van der Waals surface area contributed by atoms with Crippen LogP contribution < -0.4 is 0 Å². The van der Waals surface area contributed by atoms with Gasteiger partial charge in [-0.05, 0) is 32.1 Å². The van der Waals surface area contributed by atoms with Crippen LogP contribution in [0.4, 0.5) is 0 Å². The van der Waals surface area contributed by atoms with Crippen LogP contribution in [0, 0.1) is 0 Å². The van der Waals surface area contributed by atoms with Gasteiger partial charge in [0.15, 0.2) is 0 Å². The second-order valence-corrected chi connectivity index (χ2v) is 9.93. The third-order valence-electron chi connectivity index (χ3n) is 6.29. The Labute approximate surface area is 238 Å². The summed E-state index contributed by atoms with van der Waals surface area (Å²) in [4.78, 5) is 25.0. The molecule has 0 fully saturated rings. The highest BCUT2D eigenvalue weighted by molar-refractivity contribution is 5.69. The van der Waals surface area contributed by atoms with Gasteiger partial charge in [-0.15, -0.1) is 0 Å². The van der Waals surface area contributed by atoms with Crippen molar-refractivity contribution in [3.8, 4) is 0 Å². The molecule has 0 spiro atoms. The largest absolute Gasteiger partial charge is 0.481 e. The Morgan fingerprint density at radius 1 is 0.641 bits per heavy atom. The normalized spacial score (nSPS) is 11.3. The lowest BCUT2D eigenvalue weighted by molar-refractivity contribution is -0.144. The van der Waals surface area contributed by atoms with Crippen molar-refractivity contribution in [2.75, 3.05) is 65.7 Å². The summed E-state index contributed by atoms with van der Waals surface area (Å²) in [5.74, 6) is -0.978. The van der Waals surface area contributed by atoms with E-state index in [1.807, 2.05) is 9.80 Å². The van der Waals surface area contributed by atoms with Crippen LogP contribution in [-0.4, -0.2) is 108 Å². The molecule has 0 aromatic rings. The number of hydrogen-bond donors (Lipinski definition) is 4. The fourth-order valence-electron chi connectivity index (χ4n) is 4.08. The molecule has 0 saturated heterocycles. The van der Waals surface area contributed by atoms with Crippen molar-refractivity contribution in [2.45, 2.75) is 104 Å². The van der Waals surface area contributed by atoms with Crippen molar-refractivity contribution in [1.29, 1.82) is 0 Å². The van der Waals surface area contributed by atoms with Gasteiger partial charge in [-0.25, -0.2) is 0 Å². The summed E-state index contributed by atoms with van der Waals surface area (Å²) < 4.78 is 5.37. The minimum Gasteiger partial charge on any atom is -0.481 e. The van der Waals surface area contributed by atoms with Crippen LogP contribution in [0.5, 0.6) is 0 Å². The van der Waals surface area contributed by atoms with Crippen LogP contribution in [0.3, 0.4) is 0 Å². The number of esters is 1. The van der Waals surface area contributed by atoms with Gasteiger partial charge in [0.2, 0.25) is 0 Å². The maximum Gasteiger partial charge on any atom is 0.305 e. The number of carboxylic acid groups (broad SMARTS) is 1. The number of aliphatic carboxylic acids is 1. The van der Waals surface area contributed by atoms with Crippen LogP contribution in [0.15, 0.2) is 12.2 Å². The first-order valence-electron chi connectivity index (χ1n) is 15.2. The fraction of sp³-hybridized carbons (Fsp3) is 0.867. The van der Waals surface area contributed by atoms with Gasteiger partial charge < -0.3 is 25.2 Å². The smallest absolute Gasteiger partial charge is 0.305 e. The Morgan fingerprint density at radius 3 is 1.51 bits per heavy atom. The summed E-state index contributed by atoms with van der Waals surface area (Å²) in [6, 6.07) is 0. The lowest BCUT2D eigenvalue weighted by atomic mass is 10.1. The Kier molecular flexibility index (Phi) is 33.2. The first kappa shape index (κ1) is 39.6. The van der Waals surface area contributed by atoms with Crippen LogP contribution in [0.1, 0.15) is 104 Å². The Bertz CT molecular complexity index is 551. The summed E-state index contributed by atoms with van der Waals surface area (Å²) in [6.45, 7) is 7.29. The lowest BCUT2D eigenvalue weighted by Crippen LogP contribution is -2.40. The summed E-state index contributed by atoms with van der Waals surface area (Å²) in [6.07, 6.45) is 21.2. The van der Waals surface area contributed by atoms with Crippen molar-refractivity contribution in [2.24, 2.45) is 0 Å². The zero-order chi connectivity index (χ0) is 29.4. The maximum atomic E-state index is 12.0. The Morgan fingerprint density at radius 2 is 1.05 bits per heavy atom. The molecule has 0 aliphatic heterocycles. The molecule has 0 heterocycles. The molecule has 0 radical (unpaired) electrons. The Balaban J connectivity index is 0. The fourth-order valence-corrected chi connectivity index (χ4v) is 4.08. The van der Waals surface area contributed by atoms with E-state index >= 15 is 0 Å². The van der Waals surface area contributed by atoms with E-state index in [-0.39, 0.29) is 25.8 Å². The third kappa shape index (κ3) is 34.5. The molecule has 0 rings (SSSR count). The molecule has 0 unspecified atom stereocenters. The van der Waals surface area contributed by atoms with E-state index in [1.165, 1.54) is 70.6 Å². The van der Waals surface area contributed by atoms with E-state index in [0.717, 1.165) is 19.8 Å². The van der Waals surface area contributed by atoms with Crippen molar-refractivity contribution in [3.05, 3.63) is 12.2 Å². The molecule has 9 heteroatoms. The summed E-state index contributed by atoms with van der Waals surface area (Å²) >= 11 is 0. The molecule has 0 amide bonds. The molecule has 0 aromatic carbocycles. The zero-order valence-corrected chi connectivity index (χ0v) is 25.0. The van der Waals surface area contributed by atoms with E-state index < -0.39 is 5.97 Å². The number of allylic oxidation sites excluding steroid dienone is 2. The number of carbonyl (C=O) groups is 2. The van der Waals surface area contributed by atoms with E-state index in [0.29, 0.717) is 52.3 Å². The molecule has 9 nitrogen and oxygen atoms in total. The number of carbonyl (C=O) groups excluding carboxylic acids is 1.